The fraction of sp³-hybridized carbons (Fsp3) is 0.130. The number of amides is 1. The minimum absolute atomic E-state index is 0.0468. The van der Waals surface area contributed by atoms with E-state index in [-0.39, 0.29) is 12.5 Å². The Labute approximate surface area is 167 Å². The zero-order valence-electron chi connectivity index (χ0n) is 15.7. The number of anilines is 1. The number of hydrogen-bond acceptors (Lipinski definition) is 4. The van der Waals surface area contributed by atoms with Gasteiger partial charge in [0.25, 0.3) is 5.91 Å². The van der Waals surface area contributed by atoms with Crippen LogP contribution in [0.1, 0.15) is 11.1 Å². The Balaban J connectivity index is 1.41. The van der Waals surface area contributed by atoms with Crippen LogP contribution in [0.15, 0.2) is 66.0 Å². The molecule has 1 aromatic heterocycles. The third-order valence-electron chi connectivity index (χ3n) is 4.48. The van der Waals surface area contributed by atoms with E-state index in [1.54, 1.807) is 0 Å². The van der Waals surface area contributed by atoms with Gasteiger partial charge in [0.05, 0.1) is 5.69 Å². The van der Waals surface area contributed by atoms with Crippen molar-refractivity contribution in [3.63, 3.8) is 0 Å². The van der Waals surface area contributed by atoms with Crippen molar-refractivity contribution in [2.24, 2.45) is 0 Å². The molecule has 140 valence electrons. The van der Waals surface area contributed by atoms with Gasteiger partial charge in [-0.05, 0) is 42.3 Å². The van der Waals surface area contributed by atoms with Gasteiger partial charge in [-0.2, -0.15) is 0 Å². The molecule has 0 saturated carbocycles. The number of ether oxygens (including phenoxy) is 1. The lowest BCUT2D eigenvalue weighted by Gasteiger charge is -2.09. The molecule has 0 radical (unpaired) electrons. The second-order valence-corrected chi connectivity index (χ2v) is 7.56. The molecule has 4 aromatic rings. The van der Waals surface area contributed by atoms with Gasteiger partial charge in [0.1, 0.15) is 5.75 Å². The first kappa shape index (κ1) is 18.2. The number of nitrogens with one attached hydrogen (secondary N) is 1. The summed E-state index contributed by atoms with van der Waals surface area (Å²) in [6, 6.07) is 20.3. The normalized spacial score (nSPS) is 10.8. The molecule has 28 heavy (non-hydrogen) atoms. The predicted molar refractivity (Wildman–Crippen MR) is 115 cm³/mol. The van der Waals surface area contributed by atoms with Crippen LogP contribution >= 0.6 is 11.3 Å². The second kappa shape index (κ2) is 7.82. The van der Waals surface area contributed by atoms with Crippen LogP contribution in [0.4, 0.5) is 5.13 Å². The van der Waals surface area contributed by atoms with Crippen molar-refractivity contribution in [2.75, 3.05) is 11.9 Å². The van der Waals surface area contributed by atoms with Gasteiger partial charge in [-0.1, -0.05) is 54.1 Å². The van der Waals surface area contributed by atoms with Crippen LogP contribution in [0.2, 0.25) is 0 Å². The Morgan fingerprint density at radius 1 is 1.04 bits per heavy atom. The molecule has 0 fully saturated rings. The first-order chi connectivity index (χ1) is 13.6. The summed E-state index contributed by atoms with van der Waals surface area (Å²) in [5, 5.41) is 7.69. The van der Waals surface area contributed by atoms with Gasteiger partial charge in [-0.25, -0.2) is 4.98 Å². The number of rotatable bonds is 5. The maximum absolute atomic E-state index is 12.2. The van der Waals surface area contributed by atoms with Crippen LogP contribution in [-0.4, -0.2) is 17.5 Å². The van der Waals surface area contributed by atoms with E-state index in [4.69, 9.17) is 4.74 Å². The maximum atomic E-state index is 12.2. The number of benzene rings is 3. The Kier molecular flexibility index (Phi) is 5.08. The van der Waals surface area contributed by atoms with Crippen molar-refractivity contribution in [2.45, 2.75) is 13.8 Å². The van der Waals surface area contributed by atoms with Crippen LogP contribution in [0, 0.1) is 13.8 Å². The Bertz CT molecular complexity index is 1150. The second-order valence-electron chi connectivity index (χ2n) is 6.71. The Morgan fingerprint density at radius 2 is 1.86 bits per heavy atom. The van der Waals surface area contributed by atoms with Gasteiger partial charge in [0.2, 0.25) is 0 Å². The first-order valence-corrected chi connectivity index (χ1v) is 9.91. The van der Waals surface area contributed by atoms with Gasteiger partial charge in [0, 0.05) is 10.9 Å². The summed E-state index contributed by atoms with van der Waals surface area (Å²) in [4.78, 5) is 16.8. The van der Waals surface area contributed by atoms with Crippen molar-refractivity contribution in [1.82, 2.24) is 4.98 Å². The SMILES string of the molecule is Cc1ccc(OCC(=O)Nc2nc(-c3ccc4ccccc4c3)cs2)c(C)c1. The van der Waals surface area contributed by atoms with Crippen molar-refractivity contribution in [1.29, 1.82) is 0 Å². The Morgan fingerprint density at radius 3 is 2.68 bits per heavy atom. The van der Waals surface area contributed by atoms with E-state index in [0.29, 0.717) is 5.13 Å². The zero-order valence-corrected chi connectivity index (χ0v) is 16.5. The van der Waals surface area contributed by atoms with Crippen LogP contribution < -0.4 is 10.1 Å². The smallest absolute Gasteiger partial charge is 0.264 e. The Hall–Kier alpha value is -3.18. The maximum Gasteiger partial charge on any atom is 0.264 e. The lowest BCUT2D eigenvalue weighted by molar-refractivity contribution is -0.118. The number of nitrogens with zero attached hydrogens (tertiary/aromatic N) is 1. The van der Waals surface area contributed by atoms with E-state index in [1.165, 1.54) is 27.7 Å². The topological polar surface area (TPSA) is 51.2 Å². The fourth-order valence-electron chi connectivity index (χ4n) is 3.07. The van der Waals surface area contributed by atoms with Crippen molar-refractivity contribution < 1.29 is 9.53 Å². The van der Waals surface area contributed by atoms with Crippen molar-refractivity contribution in [3.05, 3.63) is 77.2 Å². The lowest BCUT2D eigenvalue weighted by atomic mass is 10.1. The summed E-state index contributed by atoms with van der Waals surface area (Å²) in [5.74, 6) is 0.496. The number of aromatic nitrogens is 1. The molecule has 0 spiro atoms. The molecular weight excluding hydrogens is 368 g/mol. The molecular formula is C23H20N2O2S. The molecule has 4 rings (SSSR count). The van der Waals surface area contributed by atoms with Crippen LogP contribution in [0.3, 0.4) is 0 Å². The van der Waals surface area contributed by atoms with Gasteiger partial charge >= 0.3 is 0 Å². The van der Waals surface area contributed by atoms with Gasteiger partial charge in [0.15, 0.2) is 11.7 Å². The third kappa shape index (κ3) is 4.05. The highest BCUT2D eigenvalue weighted by Crippen LogP contribution is 2.27. The van der Waals surface area contributed by atoms with Gasteiger partial charge in [-0.3, -0.25) is 10.1 Å². The minimum Gasteiger partial charge on any atom is -0.483 e. The number of thiazole rings is 1. The van der Waals surface area contributed by atoms with E-state index in [2.05, 4.69) is 34.6 Å². The number of carbonyl (C=O) groups excluding carboxylic acids is 1. The molecule has 0 aliphatic carbocycles. The molecule has 1 amide bonds. The molecule has 3 aromatic carbocycles. The largest absolute Gasteiger partial charge is 0.483 e. The van der Waals surface area contributed by atoms with E-state index < -0.39 is 0 Å². The quantitative estimate of drug-likeness (QED) is 0.484. The number of carbonyl (C=O) groups is 1. The van der Waals surface area contributed by atoms with E-state index >= 15 is 0 Å². The van der Waals surface area contributed by atoms with Crippen molar-refractivity contribution in [3.8, 4) is 17.0 Å². The summed E-state index contributed by atoms with van der Waals surface area (Å²) in [7, 11) is 0. The highest BCUT2D eigenvalue weighted by Gasteiger charge is 2.10. The summed E-state index contributed by atoms with van der Waals surface area (Å²) < 4.78 is 5.63. The predicted octanol–water partition coefficient (Wildman–Crippen LogP) is 5.60. The van der Waals surface area contributed by atoms with E-state index in [9.17, 15) is 4.79 Å². The lowest BCUT2D eigenvalue weighted by Crippen LogP contribution is -2.20. The molecule has 0 unspecified atom stereocenters. The monoisotopic (exact) mass is 388 g/mol. The van der Waals surface area contributed by atoms with Gasteiger partial charge in [-0.15, -0.1) is 11.3 Å². The summed E-state index contributed by atoms with van der Waals surface area (Å²) in [5.41, 5.74) is 4.06. The summed E-state index contributed by atoms with van der Waals surface area (Å²) in [6.45, 7) is 3.95. The standard InChI is InChI=1S/C23H20N2O2S/c1-15-7-10-21(16(2)11-15)27-13-22(26)25-23-24-20(14-28-23)19-9-8-17-5-3-4-6-18(17)12-19/h3-12,14H,13H2,1-2H3,(H,24,25,26). The molecule has 4 nitrogen and oxygen atoms in total. The van der Waals surface area contributed by atoms with E-state index in [1.807, 2.05) is 55.6 Å². The fourth-order valence-corrected chi connectivity index (χ4v) is 3.81. The zero-order chi connectivity index (χ0) is 19.5. The molecule has 0 bridgehead atoms. The van der Waals surface area contributed by atoms with E-state index in [0.717, 1.165) is 22.6 Å². The molecule has 0 aliphatic heterocycles. The third-order valence-corrected chi connectivity index (χ3v) is 5.24. The molecule has 0 atom stereocenters. The number of aryl methyl sites for hydroxylation is 2. The molecule has 5 heteroatoms. The van der Waals surface area contributed by atoms with Gasteiger partial charge < -0.3 is 4.74 Å². The highest BCUT2D eigenvalue weighted by atomic mass is 32.1. The molecule has 0 aliphatic rings. The van der Waals surface area contributed by atoms with Crippen molar-refractivity contribution >= 4 is 33.1 Å². The number of hydrogen-bond donors (Lipinski definition) is 1. The average Bonchev–Trinajstić information content (AvgIpc) is 3.15. The summed E-state index contributed by atoms with van der Waals surface area (Å²) >= 11 is 1.41. The molecule has 1 heterocycles. The minimum atomic E-state index is -0.223. The van der Waals surface area contributed by atoms with Crippen LogP contribution in [-0.2, 0) is 4.79 Å². The highest BCUT2D eigenvalue weighted by molar-refractivity contribution is 7.14. The van der Waals surface area contributed by atoms with Crippen LogP contribution in [0.25, 0.3) is 22.0 Å². The first-order valence-electron chi connectivity index (χ1n) is 9.03. The number of fused-ring (bicyclic) bond motifs is 1. The molecule has 0 saturated heterocycles. The molecule has 1 N–H and O–H groups in total. The summed E-state index contributed by atoms with van der Waals surface area (Å²) in [6.07, 6.45) is 0. The van der Waals surface area contributed by atoms with Crippen LogP contribution in [0.5, 0.6) is 5.75 Å². The average molecular weight is 388 g/mol.